The zero-order valence-electron chi connectivity index (χ0n) is 12.1. The highest BCUT2D eigenvalue weighted by Crippen LogP contribution is 2.37. The van der Waals surface area contributed by atoms with Crippen molar-refractivity contribution < 1.29 is 8.68 Å². The highest BCUT2D eigenvalue weighted by Gasteiger charge is 2.31. The fourth-order valence-electron chi connectivity index (χ4n) is 3.62. The Morgan fingerprint density at radius 2 is 2.14 bits per heavy atom. The van der Waals surface area contributed by atoms with Crippen molar-refractivity contribution in [1.82, 2.24) is 14.3 Å². The van der Waals surface area contributed by atoms with Crippen molar-refractivity contribution in [2.24, 2.45) is 0 Å². The molecule has 1 saturated carbocycles. The van der Waals surface area contributed by atoms with Crippen LogP contribution in [0.3, 0.4) is 0 Å². The number of nitrogens with zero attached hydrogens (tertiary/aromatic N) is 3. The molecule has 0 atom stereocenters. The van der Waals surface area contributed by atoms with Crippen molar-refractivity contribution in [3.05, 3.63) is 24.0 Å². The summed E-state index contributed by atoms with van der Waals surface area (Å²) in [6, 6.07) is 2.28. The summed E-state index contributed by atoms with van der Waals surface area (Å²) in [6.45, 7) is 0.517. The van der Waals surface area contributed by atoms with E-state index in [-0.39, 0.29) is 18.2 Å². The predicted molar refractivity (Wildman–Crippen MR) is 85.5 cm³/mol. The SMILES string of the molecule is O=C1NCN(C2CCCCC2)c2c1cnc1c2ccn1SF. The zero-order valence-corrected chi connectivity index (χ0v) is 12.9. The largest absolute Gasteiger partial charge is 0.350 e. The molecule has 1 aliphatic carbocycles. The van der Waals surface area contributed by atoms with Gasteiger partial charge in [0.25, 0.3) is 5.91 Å². The van der Waals surface area contributed by atoms with Crippen LogP contribution in [0.4, 0.5) is 9.57 Å². The maximum Gasteiger partial charge on any atom is 0.256 e. The topological polar surface area (TPSA) is 50.2 Å². The molecule has 1 N–H and O–H groups in total. The van der Waals surface area contributed by atoms with Crippen LogP contribution in [0.25, 0.3) is 11.0 Å². The minimum atomic E-state index is -0.0999. The lowest BCUT2D eigenvalue weighted by atomic mass is 9.93. The second kappa shape index (κ2) is 5.46. The number of halogens is 1. The Kier molecular flexibility index (Phi) is 3.44. The predicted octanol–water partition coefficient (Wildman–Crippen LogP) is 3.26. The van der Waals surface area contributed by atoms with Crippen molar-refractivity contribution in [3.8, 4) is 0 Å². The molecule has 2 aromatic rings. The molecule has 22 heavy (non-hydrogen) atoms. The lowest BCUT2D eigenvalue weighted by Crippen LogP contribution is -2.49. The molecular weight excluding hydrogens is 303 g/mol. The molecule has 1 amide bonds. The van der Waals surface area contributed by atoms with Gasteiger partial charge in [-0.3, -0.25) is 4.79 Å². The number of fused-ring (bicyclic) bond motifs is 3. The van der Waals surface area contributed by atoms with Gasteiger partial charge in [-0.25, -0.2) is 8.96 Å². The first-order valence-corrected chi connectivity index (χ1v) is 8.31. The standard InChI is InChI=1S/C15H17FN4OS/c16-22-20-7-6-11-13-12(8-17-14(11)20)15(21)18-9-19(13)10-4-2-1-3-5-10/h6-8,10H,1-5,9H2,(H,18,21). The third kappa shape index (κ3) is 2.06. The molecule has 0 aromatic carbocycles. The molecule has 0 spiro atoms. The first-order chi connectivity index (χ1) is 10.8. The number of aromatic nitrogens is 2. The Hall–Kier alpha value is -1.76. The summed E-state index contributed by atoms with van der Waals surface area (Å²) in [5.41, 5.74) is 2.07. The molecular formula is C15H17FN4OS. The lowest BCUT2D eigenvalue weighted by Gasteiger charge is -2.39. The maximum absolute atomic E-state index is 13.0. The average molecular weight is 320 g/mol. The lowest BCUT2D eigenvalue weighted by molar-refractivity contribution is 0.0945. The van der Waals surface area contributed by atoms with Gasteiger partial charge in [-0.1, -0.05) is 19.3 Å². The van der Waals surface area contributed by atoms with E-state index in [0.29, 0.717) is 23.9 Å². The Morgan fingerprint density at radius 1 is 1.32 bits per heavy atom. The van der Waals surface area contributed by atoms with Crippen LogP contribution in [0.5, 0.6) is 0 Å². The van der Waals surface area contributed by atoms with Crippen LogP contribution in [0.2, 0.25) is 0 Å². The Balaban J connectivity index is 1.87. The van der Waals surface area contributed by atoms with E-state index in [2.05, 4.69) is 15.2 Å². The van der Waals surface area contributed by atoms with Gasteiger partial charge in [0.2, 0.25) is 0 Å². The normalized spacial score (nSPS) is 19.3. The molecule has 4 rings (SSSR count). The van der Waals surface area contributed by atoms with Crippen LogP contribution in [-0.2, 0) is 0 Å². The highest BCUT2D eigenvalue weighted by atomic mass is 32.2. The van der Waals surface area contributed by atoms with E-state index in [1.165, 1.54) is 23.2 Å². The van der Waals surface area contributed by atoms with E-state index >= 15 is 0 Å². The number of nitrogens with one attached hydrogen (secondary N) is 1. The van der Waals surface area contributed by atoms with Crippen molar-refractivity contribution in [2.45, 2.75) is 38.1 Å². The fraction of sp³-hybridized carbons (Fsp3) is 0.467. The van der Waals surface area contributed by atoms with Crippen LogP contribution >= 0.6 is 12.3 Å². The van der Waals surface area contributed by atoms with Crippen molar-refractivity contribution >= 4 is 35.0 Å². The van der Waals surface area contributed by atoms with E-state index < -0.39 is 0 Å². The summed E-state index contributed by atoms with van der Waals surface area (Å²) < 4.78 is 14.4. The minimum absolute atomic E-state index is 0.0999. The Morgan fingerprint density at radius 3 is 2.91 bits per heavy atom. The van der Waals surface area contributed by atoms with E-state index in [0.717, 1.165) is 23.9 Å². The van der Waals surface area contributed by atoms with Gasteiger partial charge in [-0.05, 0) is 18.9 Å². The summed E-state index contributed by atoms with van der Waals surface area (Å²) in [5.74, 6) is -0.0999. The molecule has 0 radical (unpaired) electrons. The molecule has 0 unspecified atom stereocenters. The monoisotopic (exact) mass is 320 g/mol. The van der Waals surface area contributed by atoms with Crippen LogP contribution in [0.1, 0.15) is 42.5 Å². The third-order valence-corrected chi connectivity index (χ3v) is 5.13. The van der Waals surface area contributed by atoms with Gasteiger partial charge in [0, 0.05) is 23.8 Å². The van der Waals surface area contributed by atoms with E-state index in [4.69, 9.17) is 0 Å². The second-order valence-corrected chi connectivity index (χ2v) is 6.43. The first kappa shape index (κ1) is 13.9. The number of carbonyl (C=O) groups excluding carboxylic acids is 1. The summed E-state index contributed by atoms with van der Waals surface area (Å²) in [5, 5.41) is 3.78. The number of amides is 1. The maximum atomic E-state index is 13.0. The van der Waals surface area contributed by atoms with Gasteiger partial charge in [0.05, 0.1) is 17.9 Å². The molecule has 7 heteroatoms. The van der Waals surface area contributed by atoms with Crippen LogP contribution < -0.4 is 10.2 Å². The van der Waals surface area contributed by atoms with Gasteiger partial charge in [-0.2, -0.15) is 0 Å². The fourth-order valence-corrected chi connectivity index (χ4v) is 3.93. The number of pyridine rings is 1. The Labute approximate surface area is 132 Å². The molecule has 0 bridgehead atoms. The number of hydrogen-bond donors (Lipinski definition) is 1. The zero-order chi connectivity index (χ0) is 15.1. The molecule has 2 aromatic heterocycles. The highest BCUT2D eigenvalue weighted by molar-refractivity contribution is 7.92. The van der Waals surface area contributed by atoms with Gasteiger partial charge in [-0.15, -0.1) is 3.89 Å². The van der Waals surface area contributed by atoms with Crippen molar-refractivity contribution in [2.75, 3.05) is 11.6 Å². The van der Waals surface area contributed by atoms with Crippen LogP contribution in [0.15, 0.2) is 18.5 Å². The minimum Gasteiger partial charge on any atom is -0.350 e. The number of hydrogen-bond acceptors (Lipinski definition) is 4. The van der Waals surface area contributed by atoms with Gasteiger partial charge in [0.15, 0.2) is 18.0 Å². The molecule has 3 heterocycles. The van der Waals surface area contributed by atoms with E-state index in [1.807, 2.05) is 6.07 Å². The van der Waals surface area contributed by atoms with Crippen LogP contribution in [-0.4, -0.2) is 27.6 Å². The average Bonchev–Trinajstić information content (AvgIpc) is 2.99. The molecule has 2 aliphatic rings. The second-order valence-electron chi connectivity index (χ2n) is 5.89. The number of carbonyl (C=O) groups is 1. The molecule has 116 valence electrons. The molecule has 0 saturated heterocycles. The van der Waals surface area contributed by atoms with Gasteiger partial charge >= 0.3 is 0 Å². The summed E-state index contributed by atoms with van der Waals surface area (Å²) in [7, 11) is 0. The Bertz CT molecular complexity index is 726. The summed E-state index contributed by atoms with van der Waals surface area (Å²) in [6.07, 6.45) is 9.22. The summed E-state index contributed by atoms with van der Waals surface area (Å²) >= 11 is 0.128. The van der Waals surface area contributed by atoms with Crippen molar-refractivity contribution in [1.29, 1.82) is 0 Å². The quantitative estimate of drug-likeness (QED) is 0.923. The van der Waals surface area contributed by atoms with Gasteiger partial charge < -0.3 is 10.2 Å². The number of anilines is 1. The third-order valence-electron chi connectivity index (χ3n) is 4.68. The molecule has 1 fully saturated rings. The van der Waals surface area contributed by atoms with E-state index in [1.54, 1.807) is 12.4 Å². The van der Waals surface area contributed by atoms with Crippen molar-refractivity contribution in [3.63, 3.8) is 0 Å². The smallest absolute Gasteiger partial charge is 0.256 e. The van der Waals surface area contributed by atoms with Crippen LogP contribution in [0, 0.1) is 0 Å². The van der Waals surface area contributed by atoms with Gasteiger partial charge in [0.1, 0.15) is 0 Å². The molecule has 5 nitrogen and oxygen atoms in total. The first-order valence-electron chi connectivity index (χ1n) is 7.63. The van der Waals surface area contributed by atoms with E-state index in [9.17, 15) is 8.68 Å². The summed E-state index contributed by atoms with van der Waals surface area (Å²) in [4.78, 5) is 18.7. The number of rotatable bonds is 2. The molecule has 1 aliphatic heterocycles.